The van der Waals surface area contributed by atoms with Crippen LogP contribution in [0.4, 0.5) is 5.69 Å². The summed E-state index contributed by atoms with van der Waals surface area (Å²) in [6.07, 6.45) is 6.72. The van der Waals surface area contributed by atoms with Crippen LogP contribution in [0.3, 0.4) is 0 Å². The molecule has 5 rings (SSSR count). The number of fused-ring (bicyclic) bond motifs is 5. The van der Waals surface area contributed by atoms with E-state index >= 15 is 0 Å². The Kier molecular flexibility index (Phi) is 3.94. The summed E-state index contributed by atoms with van der Waals surface area (Å²) in [5.74, 6) is 0. The fraction of sp³-hybridized carbons (Fsp3) is 0.435. The number of anilines is 1. The van der Waals surface area contributed by atoms with E-state index < -0.39 is 0 Å². The zero-order valence-electron chi connectivity index (χ0n) is 15.2. The topological polar surface area (TPSA) is 36.3 Å². The van der Waals surface area contributed by atoms with Gasteiger partial charge in [0.05, 0.1) is 24.5 Å². The average molecular weight is 344 g/mol. The number of nitrogens with zero attached hydrogens (tertiary/aromatic N) is 2. The molecule has 0 atom stereocenters. The van der Waals surface area contributed by atoms with Crippen molar-refractivity contribution in [3.8, 4) is 17.2 Å². The van der Waals surface area contributed by atoms with E-state index in [-0.39, 0.29) is 0 Å². The molecule has 0 aromatic heterocycles. The Labute approximate surface area is 155 Å². The highest BCUT2D eigenvalue weighted by atomic mass is 16.5. The third-order valence-corrected chi connectivity index (χ3v) is 6.25. The lowest BCUT2D eigenvalue weighted by molar-refractivity contribution is 0.111. The Balaban J connectivity index is 1.82. The molecule has 132 valence electrons. The first-order valence-electron chi connectivity index (χ1n) is 9.90. The summed E-state index contributed by atoms with van der Waals surface area (Å²) < 4.78 is 5.84. The number of hydrogen-bond donors (Lipinski definition) is 0. The van der Waals surface area contributed by atoms with Gasteiger partial charge in [-0.3, -0.25) is 0 Å². The third kappa shape index (κ3) is 2.36. The second-order valence-electron chi connectivity index (χ2n) is 7.65. The van der Waals surface area contributed by atoms with Crippen molar-refractivity contribution in [2.75, 3.05) is 24.6 Å². The highest BCUT2D eigenvalue weighted by Crippen LogP contribution is 2.46. The van der Waals surface area contributed by atoms with Crippen LogP contribution in [0.1, 0.15) is 47.1 Å². The molecule has 1 fully saturated rings. The molecule has 2 heterocycles. The van der Waals surface area contributed by atoms with Crippen LogP contribution in [0, 0.1) is 11.3 Å². The summed E-state index contributed by atoms with van der Waals surface area (Å²) in [4.78, 5) is 2.50. The van der Waals surface area contributed by atoms with Gasteiger partial charge >= 0.3 is 0 Å². The molecule has 2 aliphatic heterocycles. The molecular weight excluding hydrogens is 320 g/mol. The summed E-state index contributed by atoms with van der Waals surface area (Å²) >= 11 is 0. The summed E-state index contributed by atoms with van der Waals surface area (Å²) in [5, 5.41) is 10.1. The molecule has 2 aromatic rings. The molecule has 0 amide bonds. The Morgan fingerprint density at radius 1 is 0.923 bits per heavy atom. The molecule has 0 saturated carbocycles. The minimum atomic E-state index is 0.640. The molecule has 0 radical (unpaired) electrons. The van der Waals surface area contributed by atoms with Crippen molar-refractivity contribution in [2.24, 2.45) is 0 Å². The highest BCUT2D eigenvalue weighted by molar-refractivity contribution is 5.86. The van der Waals surface area contributed by atoms with Crippen LogP contribution in [0.5, 0.6) is 0 Å². The lowest BCUT2D eigenvalue weighted by Crippen LogP contribution is -2.32. The zero-order valence-corrected chi connectivity index (χ0v) is 15.2. The standard InChI is InChI=1S/C23H24N2O/c24-14-20-18-10-13-26-15-21(18)22-17-7-3-2-6-16(17)8-9-19(22)23(20)25-11-4-1-5-12-25/h2-3,6-7H,1,4-5,8-13,15H2. The van der Waals surface area contributed by atoms with Crippen molar-refractivity contribution in [2.45, 2.75) is 45.1 Å². The van der Waals surface area contributed by atoms with Crippen LogP contribution in [0.15, 0.2) is 24.3 Å². The Bertz CT molecular complexity index is 903. The van der Waals surface area contributed by atoms with Crippen LogP contribution < -0.4 is 4.90 Å². The first kappa shape index (κ1) is 15.9. The molecule has 2 aromatic carbocycles. The van der Waals surface area contributed by atoms with Crippen LogP contribution >= 0.6 is 0 Å². The van der Waals surface area contributed by atoms with Gasteiger partial charge in [0, 0.05) is 13.1 Å². The van der Waals surface area contributed by atoms with Gasteiger partial charge in [-0.1, -0.05) is 24.3 Å². The van der Waals surface area contributed by atoms with Crippen molar-refractivity contribution in [1.29, 1.82) is 5.26 Å². The summed E-state index contributed by atoms with van der Waals surface area (Å²) in [7, 11) is 0. The predicted molar refractivity (Wildman–Crippen MR) is 103 cm³/mol. The third-order valence-electron chi connectivity index (χ3n) is 6.25. The molecule has 0 unspecified atom stereocenters. The maximum atomic E-state index is 10.1. The number of piperidine rings is 1. The van der Waals surface area contributed by atoms with Crippen molar-refractivity contribution < 1.29 is 4.74 Å². The number of nitriles is 1. The smallest absolute Gasteiger partial charge is 0.102 e. The van der Waals surface area contributed by atoms with Crippen molar-refractivity contribution in [3.63, 3.8) is 0 Å². The predicted octanol–water partition coefficient (Wildman–Crippen LogP) is 4.39. The lowest BCUT2D eigenvalue weighted by atomic mass is 9.77. The van der Waals surface area contributed by atoms with Crippen molar-refractivity contribution >= 4 is 5.69 Å². The summed E-state index contributed by atoms with van der Waals surface area (Å²) in [6, 6.07) is 11.4. The van der Waals surface area contributed by atoms with Crippen molar-refractivity contribution in [1.82, 2.24) is 0 Å². The quantitative estimate of drug-likeness (QED) is 0.770. The number of hydrogen-bond acceptors (Lipinski definition) is 3. The molecule has 26 heavy (non-hydrogen) atoms. The van der Waals surface area contributed by atoms with E-state index in [1.807, 2.05) is 0 Å². The molecule has 1 saturated heterocycles. The minimum Gasteiger partial charge on any atom is -0.376 e. The monoisotopic (exact) mass is 344 g/mol. The average Bonchev–Trinajstić information content (AvgIpc) is 2.72. The molecular formula is C23H24N2O. The number of benzene rings is 2. The van der Waals surface area contributed by atoms with Gasteiger partial charge in [-0.05, 0) is 71.9 Å². The van der Waals surface area contributed by atoms with E-state index in [0.29, 0.717) is 6.61 Å². The minimum absolute atomic E-state index is 0.640. The van der Waals surface area contributed by atoms with Crippen LogP contribution in [0.25, 0.3) is 11.1 Å². The Morgan fingerprint density at radius 3 is 2.62 bits per heavy atom. The van der Waals surface area contributed by atoms with E-state index in [2.05, 4.69) is 35.2 Å². The van der Waals surface area contributed by atoms with E-state index in [4.69, 9.17) is 4.74 Å². The SMILES string of the molecule is N#Cc1c2c(c3c(c1N1CCCCC1)CCc1ccccc1-3)COCC2. The Hall–Kier alpha value is -2.31. The largest absolute Gasteiger partial charge is 0.376 e. The molecule has 3 nitrogen and oxygen atoms in total. The second-order valence-corrected chi connectivity index (χ2v) is 7.65. The van der Waals surface area contributed by atoms with Crippen LogP contribution in [-0.4, -0.2) is 19.7 Å². The van der Waals surface area contributed by atoms with Crippen LogP contribution in [0.2, 0.25) is 0 Å². The maximum Gasteiger partial charge on any atom is 0.102 e. The maximum absolute atomic E-state index is 10.1. The van der Waals surface area contributed by atoms with E-state index in [9.17, 15) is 5.26 Å². The van der Waals surface area contributed by atoms with Crippen LogP contribution in [-0.2, 0) is 30.6 Å². The first-order valence-corrected chi connectivity index (χ1v) is 9.90. The lowest BCUT2D eigenvalue weighted by Gasteiger charge is -2.37. The Morgan fingerprint density at radius 2 is 1.77 bits per heavy atom. The van der Waals surface area contributed by atoms with Gasteiger partial charge in [-0.25, -0.2) is 0 Å². The molecule has 0 N–H and O–H groups in total. The molecule has 0 bridgehead atoms. The summed E-state index contributed by atoms with van der Waals surface area (Å²) in [6.45, 7) is 3.53. The fourth-order valence-electron chi connectivity index (χ4n) is 5.08. The number of ether oxygens (including phenoxy) is 1. The van der Waals surface area contributed by atoms with Gasteiger partial charge in [0.25, 0.3) is 0 Å². The van der Waals surface area contributed by atoms with Gasteiger partial charge in [-0.2, -0.15) is 5.26 Å². The van der Waals surface area contributed by atoms with Gasteiger partial charge in [0.2, 0.25) is 0 Å². The first-order chi connectivity index (χ1) is 12.9. The molecule has 3 aliphatic rings. The summed E-state index contributed by atoms with van der Waals surface area (Å²) in [5.41, 5.74) is 10.3. The number of rotatable bonds is 1. The van der Waals surface area contributed by atoms with Gasteiger partial charge < -0.3 is 9.64 Å². The van der Waals surface area contributed by atoms with E-state index in [1.54, 1.807) is 0 Å². The number of aryl methyl sites for hydroxylation is 1. The van der Waals surface area contributed by atoms with E-state index in [0.717, 1.165) is 44.5 Å². The zero-order chi connectivity index (χ0) is 17.5. The normalized spacial score (nSPS) is 18.5. The van der Waals surface area contributed by atoms with Gasteiger partial charge in [0.15, 0.2) is 0 Å². The molecule has 0 spiro atoms. The highest BCUT2D eigenvalue weighted by Gasteiger charge is 2.31. The molecule has 3 heteroatoms. The van der Waals surface area contributed by atoms with E-state index in [1.165, 1.54) is 58.3 Å². The fourth-order valence-corrected chi connectivity index (χ4v) is 5.08. The van der Waals surface area contributed by atoms with Gasteiger partial charge in [0.1, 0.15) is 6.07 Å². The van der Waals surface area contributed by atoms with Crippen molar-refractivity contribution in [3.05, 3.63) is 52.1 Å². The van der Waals surface area contributed by atoms with Gasteiger partial charge in [-0.15, -0.1) is 0 Å². The molecule has 1 aliphatic carbocycles. The second kappa shape index (κ2) is 6.45.